The topological polar surface area (TPSA) is 25.2 Å². The minimum absolute atomic E-state index is 0.0370. The zero-order valence-corrected chi connectivity index (χ0v) is 13.4. The van der Waals surface area contributed by atoms with E-state index >= 15 is 0 Å². The molecule has 0 aliphatic heterocycles. The van der Waals surface area contributed by atoms with E-state index in [4.69, 9.17) is 4.42 Å². The Morgan fingerprint density at radius 3 is 2.53 bits per heavy atom. The lowest BCUT2D eigenvalue weighted by Gasteiger charge is -2.19. The van der Waals surface area contributed by atoms with E-state index in [9.17, 15) is 4.39 Å². The molecular formula is C15H17FINO. The van der Waals surface area contributed by atoms with Crippen molar-refractivity contribution in [3.63, 3.8) is 0 Å². The summed E-state index contributed by atoms with van der Waals surface area (Å²) >= 11 is 2.18. The van der Waals surface area contributed by atoms with E-state index in [0.717, 1.165) is 32.8 Å². The van der Waals surface area contributed by atoms with Gasteiger partial charge in [0.15, 0.2) is 0 Å². The van der Waals surface area contributed by atoms with E-state index in [-0.39, 0.29) is 11.9 Å². The summed E-state index contributed by atoms with van der Waals surface area (Å²) < 4.78 is 19.8. The molecule has 0 saturated heterocycles. The van der Waals surface area contributed by atoms with Gasteiger partial charge in [0.1, 0.15) is 17.3 Å². The first-order valence-electron chi connectivity index (χ1n) is 6.28. The summed E-state index contributed by atoms with van der Waals surface area (Å²) in [6.45, 7) is 6.80. The maximum atomic E-state index is 13.2. The first-order chi connectivity index (χ1) is 9.02. The van der Waals surface area contributed by atoms with Gasteiger partial charge in [0.2, 0.25) is 0 Å². The van der Waals surface area contributed by atoms with E-state index in [1.165, 1.54) is 6.07 Å². The Morgan fingerprint density at radius 2 is 2.00 bits per heavy atom. The smallest absolute Gasteiger partial charge is 0.124 e. The SMILES string of the molecule is CCNC(c1ccc(F)cc1I)c1cc(C)oc1C. The van der Waals surface area contributed by atoms with E-state index in [0.29, 0.717) is 0 Å². The first kappa shape index (κ1) is 14.5. The Labute approximate surface area is 126 Å². The van der Waals surface area contributed by atoms with Gasteiger partial charge in [-0.15, -0.1) is 0 Å². The van der Waals surface area contributed by atoms with Gasteiger partial charge in [0, 0.05) is 9.13 Å². The lowest BCUT2D eigenvalue weighted by Crippen LogP contribution is -2.23. The molecule has 1 heterocycles. The van der Waals surface area contributed by atoms with Crippen molar-refractivity contribution in [2.24, 2.45) is 0 Å². The molecule has 1 aromatic carbocycles. The van der Waals surface area contributed by atoms with Gasteiger partial charge >= 0.3 is 0 Å². The third kappa shape index (κ3) is 3.17. The summed E-state index contributed by atoms with van der Waals surface area (Å²) in [5, 5.41) is 3.44. The van der Waals surface area contributed by atoms with Crippen molar-refractivity contribution in [1.82, 2.24) is 5.32 Å². The van der Waals surface area contributed by atoms with Crippen molar-refractivity contribution in [3.8, 4) is 0 Å². The molecule has 102 valence electrons. The maximum absolute atomic E-state index is 13.2. The lowest BCUT2D eigenvalue weighted by molar-refractivity contribution is 0.495. The number of nitrogens with one attached hydrogen (secondary N) is 1. The standard InChI is InChI=1S/C15H17FINO/c1-4-18-15(13-7-9(2)19-10(13)3)12-6-5-11(16)8-14(12)17/h5-8,15,18H,4H2,1-3H3. The fourth-order valence-electron chi connectivity index (χ4n) is 2.26. The van der Waals surface area contributed by atoms with Crippen LogP contribution in [0.5, 0.6) is 0 Å². The van der Waals surface area contributed by atoms with Crippen LogP contribution in [0.15, 0.2) is 28.7 Å². The highest BCUT2D eigenvalue weighted by Gasteiger charge is 2.20. The molecule has 1 N–H and O–H groups in total. The highest BCUT2D eigenvalue weighted by atomic mass is 127. The summed E-state index contributed by atoms with van der Waals surface area (Å²) in [6, 6.07) is 6.98. The minimum atomic E-state index is -0.205. The molecule has 0 aliphatic carbocycles. The fraction of sp³-hybridized carbons (Fsp3) is 0.333. The van der Waals surface area contributed by atoms with Crippen molar-refractivity contribution in [1.29, 1.82) is 0 Å². The third-order valence-corrected chi connectivity index (χ3v) is 4.01. The number of furan rings is 1. The van der Waals surface area contributed by atoms with Crippen molar-refractivity contribution in [2.45, 2.75) is 26.8 Å². The molecular weight excluding hydrogens is 356 g/mol. The van der Waals surface area contributed by atoms with Crippen LogP contribution < -0.4 is 5.32 Å². The summed E-state index contributed by atoms with van der Waals surface area (Å²) in [4.78, 5) is 0. The van der Waals surface area contributed by atoms with Crippen molar-refractivity contribution >= 4 is 22.6 Å². The van der Waals surface area contributed by atoms with E-state index in [1.54, 1.807) is 6.07 Å². The molecule has 1 atom stereocenters. The highest BCUT2D eigenvalue weighted by Crippen LogP contribution is 2.30. The number of rotatable bonds is 4. The van der Waals surface area contributed by atoms with Gasteiger partial charge in [-0.3, -0.25) is 0 Å². The van der Waals surface area contributed by atoms with Crippen LogP contribution in [0.25, 0.3) is 0 Å². The molecule has 2 rings (SSSR count). The van der Waals surface area contributed by atoms with Gasteiger partial charge in [0.25, 0.3) is 0 Å². The van der Waals surface area contributed by atoms with Gasteiger partial charge in [-0.25, -0.2) is 4.39 Å². The second kappa shape index (κ2) is 6.05. The molecule has 1 aromatic heterocycles. The lowest BCUT2D eigenvalue weighted by atomic mass is 9.99. The molecule has 2 nitrogen and oxygen atoms in total. The molecule has 4 heteroatoms. The zero-order chi connectivity index (χ0) is 14.0. The van der Waals surface area contributed by atoms with Crippen LogP contribution in [0.1, 0.15) is 35.6 Å². The van der Waals surface area contributed by atoms with Gasteiger partial charge in [-0.1, -0.05) is 13.0 Å². The predicted molar refractivity (Wildman–Crippen MR) is 82.8 cm³/mol. The fourth-order valence-corrected chi connectivity index (χ4v) is 3.05. The normalized spacial score (nSPS) is 12.7. The van der Waals surface area contributed by atoms with E-state index in [2.05, 4.69) is 34.8 Å². The van der Waals surface area contributed by atoms with Crippen LogP contribution in [-0.2, 0) is 0 Å². The summed E-state index contributed by atoms with van der Waals surface area (Å²) in [5.74, 6) is 1.60. The van der Waals surface area contributed by atoms with Crippen molar-refractivity contribution in [3.05, 3.63) is 56.3 Å². The van der Waals surface area contributed by atoms with Crippen LogP contribution in [0, 0.1) is 23.2 Å². The summed E-state index contributed by atoms with van der Waals surface area (Å²) in [7, 11) is 0. The average Bonchev–Trinajstić information content (AvgIpc) is 2.66. The Balaban J connectivity index is 2.48. The molecule has 0 radical (unpaired) electrons. The van der Waals surface area contributed by atoms with Crippen molar-refractivity contribution in [2.75, 3.05) is 6.54 Å². The molecule has 2 aromatic rings. The number of hydrogen-bond donors (Lipinski definition) is 1. The van der Waals surface area contributed by atoms with Gasteiger partial charge in [-0.2, -0.15) is 0 Å². The molecule has 19 heavy (non-hydrogen) atoms. The van der Waals surface area contributed by atoms with Gasteiger partial charge in [-0.05, 0) is 66.7 Å². The average molecular weight is 373 g/mol. The second-order valence-electron chi connectivity index (χ2n) is 4.53. The van der Waals surface area contributed by atoms with E-state index < -0.39 is 0 Å². The number of halogens is 2. The van der Waals surface area contributed by atoms with E-state index in [1.807, 2.05) is 26.0 Å². The Bertz CT molecular complexity index is 580. The van der Waals surface area contributed by atoms with Crippen LogP contribution >= 0.6 is 22.6 Å². The van der Waals surface area contributed by atoms with Gasteiger partial charge in [0.05, 0.1) is 6.04 Å². The molecule has 0 bridgehead atoms. The van der Waals surface area contributed by atoms with Crippen LogP contribution in [0.4, 0.5) is 4.39 Å². The van der Waals surface area contributed by atoms with Crippen molar-refractivity contribution < 1.29 is 8.81 Å². The highest BCUT2D eigenvalue weighted by molar-refractivity contribution is 14.1. The Morgan fingerprint density at radius 1 is 1.26 bits per heavy atom. The zero-order valence-electron chi connectivity index (χ0n) is 11.3. The second-order valence-corrected chi connectivity index (χ2v) is 5.69. The summed E-state index contributed by atoms with van der Waals surface area (Å²) in [6.07, 6.45) is 0. The predicted octanol–water partition coefficient (Wildman–Crippen LogP) is 4.34. The van der Waals surface area contributed by atoms with Crippen LogP contribution in [0.2, 0.25) is 0 Å². The molecule has 0 spiro atoms. The minimum Gasteiger partial charge on any atom is -0.466 e. The molecule has 0 fully saturated rings. The monoisotopic (exact) mass is 373 g/mol. The maximum Gasteiger partial charge on any atom is 0.124 e. The Kier molecular flexibility index (Phi) is 4.62. The van der Waals surface area contributed by atoms with Crippen LogP contribution in [0.3, 0.4) is 0 Å². The first-order valence-corrected chi connectivity index (χ1v) is 7.36. The Hall–Kier alpha value is -0.880. The van der Waals surface area contributed by atoms with Crippen LogP contribution in [-0.4, -0.2) is 6.54 Å². The molecule has 1 unspecified atom stereocenters. The molecule has 0 aliphatic rings. The van der Waals surface area contributed by atoms with Gasteiger partial charge < -0.3 is 9.73 Å². The number of aryl methyl sites for hydroxylation is 2. The molecule has 0 saturated carbocycles. The largest absolute Gasteiger partial charge is 0.466 e. The summed E-state index contributed by atoms with van der Waals surface area (Å²) in [5.41, 5.74) is 2.19. The molecule has 0 amide bonds. The third-order valence-electron chi connectivity index (χ3n) is 3.07. The quantitative estimate of drug-likeness (QED) is 0.807. The number of benzene rings is 1. The number of hydrogen-bond acceptors (Lipinski definition) is 2.